The number of halogens is 3. The highest BCUT2D eigenvalue weighted by Gasteiger charge is 2.31. The lowest BCUT2D eigenvalue weighted by Crippen LogP contribution is -2.52. The summed E-state index contributed by atoms with van der Waals surface area (Å²) in [7, 11) is 0. The van der Waals surface area contributed by atoms with Gasteiger partial charge >= 0.3 is 0 Å². The zero-order valence-corrected chi connectivity index (χ0v) is 20.0. The Bertz CT molecular complexity index is 1620. The molecule has 1 N–H and O–H groups in total. The van der Waals surface area contributed by atoms with Crippen LogP contribution in [0.1, 0.15) is 15.9 Å². The van der Waals surface area contributed by atoms with Gasteiger partial charge in [0.05, 0.1) is 34.4 Å². The number of hydrogen-bond donors (Lipinski definition) is 1. The fourth-order valence-corrected chi connectivity index (χ4v) is 4.62. The summed E-state index contributed by atoms with van der Waals surface area (Å²) in [5.74, 6) is -2.54. The van der Waals surface area contributed by atoms with Crippen LogP contribution in [0, 0.1) is 11.6 Å². The predicted molar refractivity (Wildman–Crippen MR) is 133 cm³/mol. The zero-order valence-electron chi connectivity index (χ0n) is 19.2. The molecule has 1 aliphatic heterocycles. The molecule has 0 aliphatic carbocycles. The topological polar surface area (TPSA) is 95.7 Å². The lowest BCUT2D eigenvalue weighted by Gasteiger charge is -2.34. The van der Waals surface area contributed by atoms with Crippen LogP contribution in [0.15, 0.2) is 65.6 Å². The van der Waals surface area contributed by atoms with Crippen LogP contribution in [0.2, 0.25) is 5.02 Å². The lowest BCUT2D eigenvalue weighted by molar-refractivity contribution is -0.120. The number of phenolic OH excluding ortho intramolecular Hbond substituents is 1. The van der Waals surface area contributed by atoms with Crippen molar-refractivity contribution >= 4 is 40.0 Å². The minimum Gasteiger partial charge on any atom is -0.506 e. The molecule has 0 radical (unpaired) electrons. The minimum atomic E-state index is -0.759. The number of hydrogen-bond acceptors (Lipinski definition) is 5. The molecule has 2 heterocycles. The summed E-state index contributed by atoms with van der Waals surface area (Å²) in [5.41, 5.74) is 0.454. The smallest absolute Gasteiger partial charge is 0.257 e. The van der Waals surface area contributed by atoms with Crippen LogP contribution in [0.3, 0.4) is 0 Å². The van der Waals surface area contributed by atoms with Gasteiger partial charge in [-0.15, -0.1) is 0 Å². The number of aromatic hydroxyl groups is 1. The molecule has 37 heavy (non-hydrogen) atoms. The van der Waals surface area contributed by atoms with Crippen LogP contribution >= 0.6 is 11.6 Å². The lowest BCUT2D eigenvalue weighted by atomic mass is 10.1. The summed E-state index contributed by atoms with van der Waals surface area (Å²) >= 11 is 6.08. The maximum absolute atomic E-state index is 14.7. The number of nitrogens with zero attached hydrogens (tertiary/aromatic N) is 4. The van der Waals surface area contributed by atoms with Gasteiger partial charge in [0.2, 0.25) is 11.3 Å². The highest BCUT2D eigenvalue weighted by molar-refractivity contribution is 6.33. The van der Waals surface area contributed by atoms with Crippen LogP contribution in [0.25, 0.3) is 10.9 Å². The Balaban J connectivity index is 1.38. The van der Waals surface area contributed by atoms with Crippen molar-refractivity contribution in [1.29, 1.82) is 0 Å². The number of carbonyl (C=O) groups excluding carboxylic acids is 2. The fraction of sp³-hybridized carbons (Fsp3) is 0.154. The molecular weight excluding hydrogens is 506 g/mol. The van der Waals surface area contributed by atoms with E-state index in [0.717, 1.165) is 18.3 Å². The van der Waals surface area contributed by atoms with E-state index >= 15 is 0 Å². The van der Waals surface area contributed by atoms with Crippen LogP contribution in [0.4, 0.5) is 14.5 Å². The maximum Gasteiger partial charge on any atom is 0.257 e. The number of carbonyl (C=O) groups is 2. The van der Waals surface area contributed by atoms with Gasteiger partial charge in [0.1, 0.15) is 29.4 Å². The summed E-state index contributed by atoms with van der Waals surface area (Å²) in [6, 6.07) is 12.2. The van der Waals surface area contributed by atoms with E-state index in [1.54, 1.807) is 12.1 Å². The van der Waals surface area contributed by atoms with Gasteiger partial charge < -0.3 is 14.9 Å². The van der Waals surface area contributed by atoms with E-state index in [-0.39, 0.29) is 58.8 Å². The number of para-hydroxylation sites is 1. The first-order valence-electron chi connectivity index (χ1n) is 11.2. The second kappa shape index (κ2) is 9.62. The van der Waals surface area contributed by atoms with E-state index in [1.807, 2.05) is 0 Å². The first-order valence-corrected chi connectivity index (χ1v) is 11.6. The normalized spacial score (nSPS) is 13.9. The third kappa shape index (κ3) is 4.63. The van der Waals surface area contributed by atoms with Crippen molar-refractivity contribution in [2.75, 3.05) is 24.5 Å². The number of piperazine rings is 1. The molecule has 1 aromatic heterocycles. The number of phenols is 1. The number of fused-ring (bicyclic) bond motifs is 1. The molecule has 0 unspecified atom stereocenters. The molecular formula is C26H19ClF2N4O4. The first-order chi connectivity index (χ1) is 17.7. The van der Waals surface area contributed by atoms with Gasteiger partial charge in [-0.3, -0.25) is 19.1 Å². The monoisotopic (exact) mass is 524 g/mol. The van der Waals surface area contributed by atoms with Gasteiger partial charge in [0.25, 0.3) is 5.91 Å². The van der Waals surface area contributed by atoms with E-state index < -0.39 is 23.4 Å². The summed E-state index contributed by atoms with van der Waals surface area (Å²) in [4.78, 5) is 40.7. The molecule has 11 heteroatoms. The standard InChI is InChI=1S/C26H19ClF2N4O4/c27-19-11-16(28)5-7-21(19)32-9-8-31(14-24(32)36)26(37)18-10-15(4-6-20(18)29)13-33-25-17(23(35)12-30-33)2-1-3-22(25)34/h1-7,10-12,34H,8-9,13-14H2. The Kier molecular flexibility index (Phi) is 6.34. The van der Waals surface area contributed by atoms with Crippen molar-refractivity contribution in [2.45, 2.75) is 6.54 Å². The Morgan fingerprint density at radius 2 is 1.86 bits per heavy atom. The van der Waals surface area contributed by atoms with Crippen molar-refractivity contribution in [1.82, 2.24) is 14.7 Å². The average molecular weight is 525 g/mol. The molecule has 1 saturated heterocycles. The summed E-state index contributed by atoms with van der Waals surface area (Å²) in [6.07, 6.45) is 1.12. The number of benzene rings is 3. The van der Waals surface area contributed by atoms with Gasteiger partial charge in [-0.1, -0.05) is 23.7 Å². The average Bonchev–Trinajstić information content (AvgIpc) is 2.87. The van der Waals surface area contributed by atoms with Crippen molar-refractivity contribution in [3.8, 4) is 5.75 Å². The molecule has 0 spiro atoms. The molecule has 188 valence electrons. The van der Waals surface area contributed by atoms with E-state index in [1.165, 1.54) is 44.8 Å². The summed E-state index contributed by atoms with van der Waals surface area (Å²) in [5, 5.41) is 14.7. The van der Waals surface area contributed by atoms with Crippen molar-refractivity contribution in [3.63, 3.8) is 0 Å². The van der Waals surface area contributed by atoms with Gasteiger partial charge in [0, 0.05) is 13.1 Å². The predicted octanol–water partition coefficient (Wildman–Crippen LogP) is 3.57. The molecule has 0 saturated carbocycles. The molecule has 0 bridgehead atoms. The fourth-order valence-electron chi connectivity index (χ4n) is 4.35. The van der Waals surface area contributed by atoms with Crippen LogP contribution in [-0.2, 0) is 11.3 Å². The molecule has 0 atom stereocenters. The summed E-state index contributed by atoms with van der Waals surface area (Å²) < 4.78 is 29.5. The van der Waals surface area contributed by atoms with E-state index in [9.17, 15) is 28.3 Å². The van der Waals surface area contributed by atoms with Crippen LogP contribution in [0.5, 0.6) is 5.75 Å². The van der Waals surface area contributed by atoms with E-state index in [2.05, 4.69) is 5.10 Å². The van der Waals surface area contributed by atoms with Gasteiger partial charge in [-0.25, -0.2) is 8.78 Å². The zero-order chi connectivity index (χ0) is 26.3. The van der Waals surface area contributed by atoms with Gasteiger partial charge in [0.15, 0.2) is 0 Å². The van der Waals surface area contributed by atoms with Crippen molar-refractivity contribution < 1.29 is 23.5 Å². The molecule has 5 rings (SSSR count). The van der Waals surface area contributed by atoms with Crippen molar-refractivity contribution in [3.05, 3.63) is 98.8 Å². The molecule has 1 aliphatic rings. The number of amides is 2. The van der Waals surface area contributed by atoms with Gasteiger partial charge in [-0.2, -0.15) is 5.10 Å². The number of anilines is 1. The highest BCUT2D eigenvalue weighted by atomic mass is 35.5. The molecule has 3 aromatic carbocycles. The van der Waals surface area contributed by atoms with Crippen LogP contribution < -0.4 is 10.3 Å². The number of rotatable bonds is 4. The highest BCUT2D eigenvalue weighted by Crippen LogP contribution is 2.28. The molecule has 2 amide bonds. The van der Waals surface area contributed by atoms with E-state index in [0.29, 0.717) is 11.3 Å². The van der Waals surface area contributed by atoms with E-state index in [4.69, 9.17) is 11.6 Å². The SMILES string of the molecule is O=C(c1cc(Cn2ncc(=O)c3cccc(O)c32)ccc1F)N1CCN(c2ccc(F)cc2Cl)C(=O)C1. The molecule has 4 aromatic rings. The number of aromatic nitrogens is 2. The Hall–Kier alpha value is -4.31. The Labute approximate surface area is 213 Å². The summed E-state index contributed by atoms with van der Waals surface area (Å²) in [6.45, 7) is -0.0494. The van der Waals surface area contributed by atoms with Crippen LogP contribution in [-0.4, -0.2) is 51.2 Å². The second-order valence-corrected chi connectivity index (χ2v) is 8.93. The Morgan fingerprint density at radius 3 is 2.62 bits per heavy atom. The molecule has 8 nitrogen and oxygen atoms in total. The third-order valence-electron chi connectivity index (χ3n) is 6.15. The van der Waals surface area contributed by atoms with Gasteiger partial charge in [-0.05, 0) is 48.0 Å². The first kappa shape index (κ1) is 24.4. The minimum absolute atomic E-state index is 0.0463. The quantitative estimate of drug-likeness (QED) is 0.440. The largest absolute Gasteiger partial charge is 0.506 e. The van der Waals surface area contributed by atoms with Crippen molar-refractivity contribution in [2.24, 2.45) is 0 Å². The third-order valence-corrected chi connectivity index (χ3v) is 6.46. The second-order valence-electron chi connectivity index (χ2n) is 8.52. The molecule has 1 fully saturated rings. The maximum atomic E-state index is 14.7. The Morgan fingerprint density at radius 1 is 1.05 bits per heavy atom.